The van der Waals surface area contributed by atoms with Gasteiger partial charge in [0.05, 0.1) is 0 Å². The third kappa shape index (κ3) is 5.26. The minimum atomic E-state index is -1.07. The molecule has 0 spiro atoms. The van der Waals surface area contributed by atoms with Gasteiger partial charge in [0.2, 0.25) is 0 Å². The highest BCUT2D eigenvalue weighted by molar-refractivity contribution is 5.85. The molecular formula is C11H17N3O3. The van der Waals surface area contributed by atoms with Crippen molar-refractivity contribution in [2.75, 3.05) is 25.1 Å². The predicted octanol–water partition coefficient (Wildman–Crippen LogP) is 1.40. The first-order valence-electron chi connectivity index (χ1n) is 5.62. The molecule has 0 unspecified atom stereocenters. The second kappa shape index (κ2) is 7.56. The molecule has 0 bridgehead atoms. The van der Waals surface area contributed by atoms with Crippen molar-refractivity contribution in [3.63, 3.8) is 0 Å². The van der Waals surface area contributed by atoms with E-state index in [2.05, 4.69) is 22.4 Å². The zero-order valence-corrected chi connectivity index (χ0v) is 9.85. The molecular weight excluding hydrogens is 222 g/mol. The molecule has 0 aliphatic heterocycles. The van der Waals surface area contributed by atoms with Gasteiger partial charge in [0.25, 0.3) is 0 Å². The highest BCUT2D eigenvalue weighted by Gasteiger charge is 2.04. The Hall–Kier alpha value is -1.69. The van der Waals surface area contributed by atoms with Crippen LogP contribution in [0.15, 0.2) is 12.1 Å². The number of anilines is 1. The monoisotopic (exact) mass is 239 g/mol. The highest BCUT2D eigenvalue weighted by atomic mass is 16.5. The average Bonchev–Trinajstić information content (AvgIpc) is 2.34. The molecule has 0 fully saturated rings. The van der Waals surface area contributed by atoms with Gasteiger partial charge in [-0.3, -0.25) is 0 Å². The van der Waals surface area contributed by atoms with Gasteiger partial charge in [-0.05, 0) is 25.0 Å². The maximum Gasteiger partial charge on any atom is 0.356 e. The van der Waals surface area contributed by atoms with Crippen molar-refractivity contribution in [2.45, 2.75) is 19.8 Å². The lowest BCUT2D eigenvalue weighted by molar-refractivity contribution is 0.0689. The Morgan fingerprint density at radius 3 is 2.82 bits per heavy atom. The molecule has 1 rings (SSSR count). The van der Waals surface area contributed by atoms with Gasteiger partial charge in [-0.15, -0.1) is 10.2 Å². The Kier molecular flexibility index (Phi) is 5.95. The number of carboxylic acids is 1. The molecule has 1 aromatic rings. The van der Waals surface area contributed by atoms with Crippen LogP contribution >= 0.6 is 0 Å². The van der Waals surface area contributed by atoms with Gasteiger partial charge < -0.3 is 15.2 Å². The van der Waals surface area contributed by atoms with Crippen molar-refractivity contribution < 1.29 is 14.6 Å². The molecule has 6 nitrogen and oxygen atoms in total. The first-order chi connectivity index (χ1) is 8.24. The van der Waals surface area contributed by atoms with E-state index in [0.29, 0.717) is 12.4 Å². The minimum absolute atomic E-state index is 0.0539. The third-order valence-electron chi connectivity index (χ3n) is 2.00. The summed E-state index contributed by atoms with van der Waals surface area (Å²) in [6, 6.07) is 3.02. The Bertz CT molecular complexity index is 340. The predicted molar refractivity (Wildman–Crippen MR) is 63.2 cm³/mol. The number of hydrogen-bond donors (Lipinski definition) is 2. The number of carbonyl (C=O) groups is 1. The first kappa shape index (κ1) is 13.4. The van der Waals surface area contributed by atoms with E-state index in [1.54, 1.807) is 6.07 Å². The number of nitrogens with zero attached hydrogens (tertiary/aromatic N) is 2. The SMILES string of the molecule is CCCOCCCNc1ccc(C(=O)O)nn1. The van der Waals surface area contributed by atoms with Crippen LogP contribution in [-0.2, 0) is 4.74 Å². The zero-order valence-electron chi connectivity index (χ0n) is 9.85. The molecule has 0 saturated carbocycles. The summed E-state index contributed by atoms with van der Waals surface area (Å²) in [5.41, 5.74) is -0.0539. The molecule has 0 atom stereocenters. The van der Waals surface area contributed by atoms with Crippen molar-refractivity contribution in [2.24, 2.45) is 0 Å². The minimum Gasteiger partial charge on any atom is -0.476 e. The first-order valence-corrected chi connectivity index (χ1v) is 5.62. The van der Waals surface area contributed by atoms with Gasteiger partial charge in [0.15, 0.2) is 5.69 Å². The molecule has 1 aromatic heterocycles. The van der Waals surface area contributed by atoms with E-state index in [0.717, 1.165) is 26.0 Å². The van der Waals surface area contributed by atoms with Gasteiger partial charge in [-0.1, -0.05) is 6.92 Å². The summed E-state index contributed by atoms with van der Waals surface area (Å²) in [7, 11) is 0. The summed E-state index contributed by atoms with van der Waals surface area (Å²) in [5, 5.41) is 19.0. The molecule has 0 saturated heterocycles. The number of nitrogens with one attached hydrogen (secondary N) is 1. The Morgan fingerprint density at radius 1 is 1.41 bits per heavy atom. The van der Waals surface area contributed by atoms with Crippen molar-refractivity contribution in [1.82, 2.24) is 10.2 Å². The fourth-order valence-electron chi connectivity index (χ4n) is 1.18. The largest absolute Gasteiger partial charge is 0.476 e. The number of rotatable bonds is 8. The summed E-state index contributed by atoms with van der Waals surface area (Å²) < 4.78 is 5.32. The van der Waals surface area contributed by atoms with Gasteiger partial charge >= 0.3 is 5.97 Å². The quantitative estimate of drug-likeness (QED) is 0.667. The van der Waals surface area contributed by atoms with Crippen LogP contribution in [0, 0.1) is 0 Å². The smallest absolute Gasteiger partial charge is 0.356 e. The lowest BCUT2D eigenvalue weighted by atomic mass is 10.4. The molecule has 2 N–H and O–H groups in total. The van der Waals surface area contributed by atoms with E-state index < -0.39 is 5.97 Å². The van der Waals surface area contributed by atoms with Gasteiger partial charge in [-0.2, -0.15) is 0 Å². The number of hydrogen-bond acceptors (Lipinski definition) is 5. The van der Waals surface area contributed by atoms with Crippen LogP contribution in [0.25, 0.3) is 0 Å². The van der Waals surface area contributed by atoms with Crippen molar-refractivity contribution in [3.05, 3.63) is 17.8 Å². The van der Waals surface area contributed by atoms with Crippen LogP contribution in [0.1, 0.15) is 30.3 Å². The standard InChI is InChI=1S/C11H17N3O3/c1-2-7-17-8-3-6-12-10-5-4-9(11(15)16)13-14-10/h4-5H,2-3,6-8H2,1H3,(H,12,14)(H,15,16). The molecule has 0 aromatic carbocycles. The van der Waals surface area contributed by atoms with Crippen molar-refractivity contribution in [1.29, 1.82) is 0 Å². The molecule has 0 amide bonds. The zero-order chi connectivity index (χ0) is 12.5. The second-order valence-electron chi connectivity index (χ2n) is 3.50. The maximum atomic E-state index is 10.5. The number of aromatic nitrogens is 2. The van der Waals surface area contributed by atoms with E-state index in [-0.39, 0.29) is 5.69 Å². The van der Waals surface area contributed by atoms with E-state index >= 15 is 0 Å². The fraction of sp³-hybridized carbons (Fsp3) is 0.545. The van der Waals surface area contributed by atoms with E-state index in [1.165, 1.54) is 6.07 Å². The molecule has 0 radical (unpaired) electrons. The fourth-order valence-corrected chi connectivity index (χ4v) is 1.18. The van der Waals surface area contributed by atoms with Crippen LogP contribution in [0.5, 0.6) is 0 Å². The van der Waals surface area contributed by atoms with Crippen molar-refractivity contribution in [3.8, 4) is 0 Å². The number of carboxylic acid groups (broad SMARTS) is 1. The summed E-state index contributed by atoms with van der Waals surface area (Å²) in [6.07, 6.45) is 1.90. The summed E-state index contributed by atoms with van der Waals surface area (Å²) in [6.45, 7) is 4.29. The van der Waals surface area contributed by atoms with Crippen LogP contribution in [0.3, 0.4) is 0 Å². The van der Waals surface area contributed by atoms with Crippen molar-refractivity contribution >= 4 is 11.8 Å². The van der Waals surface area contributed by atoms with Gasteiger partial charge in [0.1, 0.15) is 5.82 Å². The third-order valence-corrected chi connectivity index (χ3v) is 2.00. The molecule has 0 aliphatic carbocycles. The van der Waals surface area contributed by atoms with E-state index in [1.807, 2.05) is 0 Å². The summed E-state index contributed by atoms with van der Waals surface area (Å²) in [5.74, 6) is -0.498. The summed E-state index contributed by atoms with van der Waals surface area (Å²) in [4.78, 5) is 10.5. The topological polar surface area (TPSA) is 84.3 Å². The van der Waals surface area contributed by atoms with E-state index in [9.17, 15) is 4.79 Å². The molecule has 1 heterocycles. The average molecular weight is 239 g/mol. The Labute approximate surface area is 100 Å². The Morgan fingerprint density at radius 2 is 2.24 bits per heavy atom. The normalized spacial score (nSPS) is 10.2. The van der Waals surface area contributed by atoms with Gasteiger partial charge in [0, 0.05) is 19.8 Å². The highest BCUT2D eigenvalue weighted by Crippen LogP contribution is 2.01. The second-order valence-corrected chi connectivity index (χ2v) is 3.50. The lowest BCUT2D eigenvalue weighted by Crippen LogP contribution is -2.09. The van der Waals surface area contributed by atoms with Crippen LogP contribution in [0.2, 0.25) is 0 Å². The Balaban J connectivity index is 2.21. The van der Waals surface area contributed by atoms with E-state index in [4.69, 9.17) is 9.84 Å². The lowest BCUT2D eigenvalue weighted by Gasteiger charge is -2.05. The number of ether oxygens (including phenoxy) is 1. The molecule has 17 heavy (non-hydrogen) atoms. The van der Waals surface area contributed by atoms with Crippen LogP contribution in [0.4, 0.5) is 5.82 Å². The molecule has 94 valence electrons. The van der Waals surface area contributed by atoms with Crippen LogP contribution < -0.4 is 5.32 Å². The molecule has 6 heteroatoms. The number of aromatic carboxylic acids is 1. The van der Waals surface area contributed by atoms with Gasteiger partial charge in [-0.25, -0.2) is 4.79 Å². The van der Waals surface area contributed by atoms with Crippen LogP contribution in [-0.4, -0.2) is 41.0 Å². The molecule has 0 aliphatic rings. The summed E-state index contributed by atoms with van der Waals surface area (Å²) >= 11 is 0. The maximum absolute atomic E-state index is 10.5.